The number of hydrogen-bond donors (Lipinski definition) is 1. The van der Waals surface area contributed by atoms with Gasteiger partial charge in [-0.3, -0.25) is 4.99 Å². The first kappa shape index (κ1) is 15.8. The van der Waals surface area contributed by atoms with E-state index in [9.17, 15) is 0 Å². The van der Waals surface area contributed by atoms with E-state index in [0.717, 1.165) is 37.1 Å². The molecule has 0 aliphatic carbocycles. The van der Waals surface area contributed by atoms with E-state index in [1.807, 2.05) is 11.8 Å². The fourth-order valence-corrected chi connectivity index (χ4v) is 3.28. The SMILES string of the molecule is CCCCOCCCN=C1NC(CC)(CC)CS1. The van der Waals surface area contributed by atoms with Crippen LogP contribution in [0.1, 0.15) is 52.9 Å². The average molecular weight is 272 g/mol. The van der Waals surface area contributed by atoms with Crippen molar-refractivity contribution in [3.8, 4) is 0 Å². The van der Waals surface area contributed by atoms with Crippen LogP contribution >= 0.6 is 11.8 Å². The van der Waals surface area contributed by atoms with E-state index in [2.05, 4.69) is 31.1 Å². The molecule has 1 aliphatic heterocycles. The molecule has 0 aromatic rings. The molecule has 0 atom stereocenters. The highest BCUT2D eigenvalue weighted by Gasteiger charge is 2.33. The van der Waals surface area contributed by atoms with E-state index >= 15 is 0 Å². The summed E-state index contributed by atoms with van der Waals surface area (Å²) in [5, 5.41) is 4.72. The van der Waals surface area contributed by atoms with Gasteiger partial charge in [-0.25, -0.2) is 0 Å². The van der Waals surface area contributed by atoms with Crippen LogP contribution in [0.2, 0.25) is 0 Å². The summed E-state index contributed by atoms with van der Waals surface area (Å²) >= 11 is 1.87. The van der Waals surface area contributed by atoms with Gasteiger partial charge in [0.25, 0.3) is 0 Å². The van der Waals surface area contributed by atoms with Gasteiger partial charge in [0, 0.05) is 31.1 Å². The molecule has 1 N–H and O–H groups in total. The number of aliphatic imine (C=N–C) groups is 1. The maximum Gasteiger partial charge on any atom is 0.157 e. The summed E-state index contributed by atoms with van der Waals surface area (Å²) < 4.78 is 5.53. The van der Waals surface area contributed by atoms with Crippen LogP contribution in [-0.2, 0) is 4.74 Å². The lowest BCUT2D eigenvalue weighted by Crippen LogP contribution is -2.42. The number of amidine groups is 1. The van der Waals surface area contributed by atoms with E-state index in [4.69, 9.17) is 4.74 Å². The Morgan fingerprint density at radius 3 is 2.56 bits per heavy atom. The molecule has 0 radical (unpaired) electrons. The minimum absolute atomic E-state index is 0.293. The molecule has 1 fully saturated rings. The Labute approximate surface area is 116 Å². The van der Waals surface area contributed by atoms with E-state index < -0.39 is 0 Å². The van der Waals surface area contributed by atoms with Crippen molar-refractivity contribution in [2.45, 2.75) is 58.4 Å². The van der Waals surface area contributed by atoms with Crippen LogP contribution in [0.15, 0.2) is 4.99 Å². The van der Waals surface area contributed by atoms with Crippen molar-refractivity contribution in [3.63, 3.8) is 0 Å². The van der Waals surface area contributed by atoms with Crippen molar-refractivity contribution in [2.75, 3.05) is 25.5 Å². The van der Waals surface area contributed by atoms with Gasteiger partial charge in [0.05, 0.1) is 0 Å². The molecule has 0 aromatic heterocycles. The van der Waals surface area contributed by atoms with E-state index in [1.165, 1.54) is 25.7 Å². The van der Waals surface area contributed by atoms with Crippen LogP contribution in [0.4, 0.5) is 0 Å². The zero-order chi connectivity index (χ0) is 13.3. The average Bonchev–Trinajstić information content (AvgIpc) is 2.82. The van der Waals surface area contributed by atoms with Crippen LogP contribution in [0.5, 0.6) is 0 Å². The quantitative estimate of drug-likeness (QED) is 0.653. The molecular formula is C14H28N2OS. The van der Waals surface area contributed by atoms with Crippen molar-refractivity contribution in [2.24, 2.45) is 4.99 Å². The predicted octanol–water partition coefficient (Wildman–Crippen LogP) is 3.44. The van der Waals surface area contributed by atoms with Crippen molar-refractivity contribution in [3.05, 3.63) is 0 Å². The van der Waals surface area contributed by atoms with E-state index in [-0.39, 0.29) is 0 Å². The van der Waals surface area contributed by atoms with Gasteiger partial charge in [0.2, 0.25) is 0 Å². The Kier molecular flexibility index (Phi) is 7.75. The number of ether oxygens (including phenoxy) is 1. The monoisotopic (exact) mass is 272 g/mol. The Balaban J connectivity index is 2.13. The molecule has 1 heterocycles. The van der Waals surface area contributed by atoms with Crippen molar-refractivity contribution < 1.29 is 4.74 Å². The fraction of sp³-hybridized carbons (Fsp3) is 0.929. The summed E-state index contributed by atoms with van der Waals surface area (Å²) in [6, 6.07) is 0. The van der Waals surface area contributed by atoms with Crippen LogP contribution in [0.25, 0.3) is 0 Å². The molecule has 1 rings (SSSR count). The Hall–Kier alpha value is -0.220. The minimum Gasteiger partial charge on any atom is -0.381 e. The molecule has 1 saturated heterocycles. The van der Waals surface area contributed by atoms with Crippen molar-refractivity contribution in [1.82, 2.24) is 5.32 Å². The van der Waals surface area contributed by atoms with Gasteiger partial charge in [-0.05, 0) is 25.7 Å². The molecule has 0 spiro atoms. The summed E-state index contributed by atoms with van der Waals surface area (Å²) in [5.74, 6) is 1.16. The maximum atomic E-state index is 5.53. The summed E-state index contributed by atoms with van der Waals surface area (Å²) in [7, 11) is 0. The lowest BCUT2D eigenvalue weighted by molar-refractivity contribution is 0.130. The summed E-state index contributed by atoms with van der Waals surface area (Å²) in [5.41, 5.74) is 0.293. The van der Waals surface area contributed by atoms with Crippen LogP contribution < -0.4 is 5.32 Å². The predicted molar refractivity (Wildman–Crippen MR) is 81.6 cm³/mol. The lowest BCUT2D eigenvalue weighted by atomic mass is 9.96. The van der Waals surface area contributed by atoms with E-state index in [1.54, 1.807) is 0 Å². The first-order chi connectivity index (χ1) is 8.76. The summed E-state index contributed by atoms with van der Waals surface area (Å²) in [4.78, 5) is 4.62. The summed E-state index contributed by atoms with van der Waals surface area (Å²) in [6.45, 7) is 9.31. The highest BCUT2D eigenvalue weighted by molar-refractivity contribution is 8.14. The normalized spacial score (nSPS) is 20.3. The number of nitrogens with one attached hydrogen (secondary N) is 1. The topological polar surface area (TPSA) is 33.6 Å². The number of hydrogen-bond acceptors (Lipinski definition) is 3. The highest BCUT2D eigenvalue weighted by Crippen LogP contribution is 2.28. The van der Waals surface area contributed by atoms with Gasteiger partial charge in [-0.2, -0.15) is 0 Å². The molecule has 0 bridgehead atoms. The zero-order valence-electron chi connectivity index (χ0n) is 12.1. The number of nitrogens with zero attached hydrogens (tertiary/aromatic N) is 1. The fourth-order valence-electron chi connectivity index (χ4n) is 1.92. The number of thioether (sulfide) groups is 1. The van der Waals surface area contributed by atoms with Crippen LogP contribution in [0, 0.1) is 0 Å². The van der Waals surface area contributed by atoms with Gasteiger partial charge in [-0.1, -0.05) is 39.0 Å². The second-order valence-electron chi connectivity index (χ2n) is 4.91. The maximum absolute atomic E-state index is 5.53. The highest BCUT2D eigenvalue weighted by atomic mass is 32.2. The molecule has 4 heteroatoms. The van der Waals surface area contributed by atoms with Gasteiger partial charge in [-0.15, -0.1) is 0 Å². The minimum atomic E-state index is 0.293. The molecule has 106 valence electrons. The largest absolute Gasteiger partial charge is 0.381 e. The molecule has 3 nitrogen and oxygen atoms in total. The lowest BCUT2D eigenvalue weighted by Gasteiger charge is -2.25. The Bertz CT molecular complexity index is 252. The van der Waals surface area contributed by atoms with Crippen molar-refractivity contribution >= 4 is 16.9 Å². The molecular weight excluding hydrogens is 244 g/mol. The van der Waals surface area contributed by atoms with Gasteiger partial charge in [0.15, 0.2) is 5.17 Å². The van der Waals surface area contributed by atoms with Gasteiger partial charge < -0.3 is 10.1 Å². The third-order valence-electron chi connectivity index (χ3n) is 3.56. The third kappa shape index (κ3) is 5.19. The molecule has 0 aromatic carbocycles. The van der Waals surface area contributed by atoms with Crippen LogP contribution in [0.3, 0.4) is 0 Å². The molecule has 18 heavy (non-hydrogen) atoms. The number of unbranched alkanes of at least 4 members (excludes halogenated alkanes) is 1. The standard InChI is InChI=1S/C14H28N2OS/c1-4-7-10-17-11-8-9-15-13-16-14(5-2,6-3)12-18-13/h4-12H2,1-3H3,(H,15,16). The first-order valence-corrected chi connectivity index (χ1v) is 8.28. The Morgan fingerprint density at radius 2 is 1.94 bits per heavy atom. The smallest absolute Gasteiger partial charge is 0.157 e. The van der Waals surface area contributed by atoms with E-state index in [0.29, 0.717) is 5.54 Å². The number of rotatable bonds is 9. The second kappa shape index (κ2) is 8.81. The molecule has 1 aliphatic rings. The van der Waals surface area contributed by atoms with Crippen LogP contribution in [-0.4, -0.2) is 36.2 Å². The molecule has 0 saturated carbocycles. The van der Waals surface area contributed by atoms with Crippen molar-refractivity contribution in [1.29, 1.82) is 0 Å². The summed E-state index contributed by atoms with van der Waals surface area (Å²) in [6.07, 6.45) is 5.76. The van der Waals surface area contributed by atoms with Gasteiger partial charge in [0.1, 0.15) is 0 Å². The molecule has 0 unspecified atom stereocenters. The molecule has 0 amide bonds. The third-order valence-corrected chi connectivity index (χ3v) is 4.76. The Morgan fingerprint density at radius 1 is 1.22 bits per heavy atom. The second-order valence-corrected chi connectivity index (χ2v) is 5.87. The zero-order valence-corrected chi connectivity index (χ0v) is 12.9. The first-order valence-electron chi connectivity index (χ1n) is 7.29. The van der Waals surface area contributed by atoms with Gasteiger partial charge >= 0.3 is 0 Å².